The maximum absolute atomic E-state index is 13.1. The van der Waals surface area contributed by atoms with Crippen molar-refractivity contribution in [3.05, 3.63) is 82.0 Å². The summed E-state index contributed by atoms with van der Waals surface area (Å²) < 4.78 is 0. The summed E-state index contributed by atoms with van der Waals surface area (Å²) in [5, 5.41) is 5.64. The number of nitrogens with zero attached hydrogens (tertiary/aromatic N) is 1. The van der Waals surface area contributed by atoms with Gasteiger partial charge in [-0.15, -0.1) is 11.3 Å². The van der Waals surface area contributed by atoms with Crippen molar-refractivity contribution in [3.63, 3.8) is 0 Å². The Kier molecular flexibility index (Phi) is 3.39. The summed E-state index contributed by atoms with van der Waals surface area (Å²) >= 11 is 1.67. The fraction of sp³-hybridized carbons (Fsp3) is 0.105. The van der Waals surface area contributed by atoms with E-state index in [9.17, 15) is 4.79 Å². The summed E-state index contributed by atoms with van der Waals surface area (Å²) in [6, 6.07) is 19.6. The number of fused-ring (bicyclic) bond motifs is 1. The van der Waals surface area contributed by atoms with Gasteiger partial charge >= 0.3 is 0 Å². The molecule has 2 heterocycles. The van der Waals surface area contributed by atoms with Gasteiger partial charge < -0.3 is 5.32 Å². The number of carbonyl (C=O) groups excluding carboxylic acids is 1. The van der Waals surface area contributed by atoms with Crippen LogP contribution in [-0.2, 0) is 0 Å². The van der Waals surface area contributed by atoms with Crippen molar-refractivity contribution in [2.24, 2.45) is 0 Å². The average molecular weight is 320 g/mol. The van der Waals surface area contributed by atoms with Gasteiger partial charge in [0.25, 0.3) is 5.91 Å². The third kappa shape index (κ3) is 2.41. The minimum absolute atomic E-state index is 0.0293. The highest BCUT2D eigenvalue weighted by molar-refractivity contribution is 7.10. The van der Waals surface area contributed by atoms with Crippen LogP contribution in [0.2, 0.25) is 0 Å². The Morgan fingerprint density at radius 2 is 1.78 bits per heavy atom. The molecule has 0 saturated heterocycles. The molecule has 1 aliphatic rings. The molecule has 0 radical (unpaired) electrons. The smallest absolute Gasteiger partial charge is 0.262 e. The van der Waals surface area contributed by atoms with Crippen LogP contribution in [0.5, 0.6) is 0 Å². The molecule has 1 aliphatic heterocycles. The first-order chi connectivity index (χ1) is 11.2. The molecule has 0 fully saturated rings. The molecule has 3 nitrogen and oxygen atoms in total. The number of thiophene rings is 1. The van der Waals surface area contributed by atoms with Crippen LogP contribution in [0.1, 0.15) is 27.0 Å². The lowest BCUT2D eigenvalue weighted by molar-refractivity contribution is 0.0975. The molecule has 3 aromatic rings. The molecule has 4 rings (SSSR count). The molecule has 0 aliphatic carbocycles. The highest BCUT2D eigenvalue weighted by Gasteiger charge is 2.34. The van der Waals surface area contributed by atoms with Gasteiger partial charge in [-0.25, -0.2) is 0 Å². The Morgan fingerprint density at radius 1 is 1.04 bits per heavy atom. The van der Waals surface area contributed by atoms with Crippen molar-refractivity contribution in [1.82, 2.24) is 0 Å². The zero-order chi connectivity index (χ0) is 15.8. The van der Waals surface area contributed by atoms with Crippen LogP contribution in [0.25, 0.3) is 0 Å². The van der Waals surface area contributed by atoms with Crippen LogP contribution in [0.15, 0.2) is 66.0 Å². The first kappa shape index (κ1) is 14.0. The molecule has 1 amide bonds. The number of aryl methyl sites for hydroxylation is 1. The fourth-order valence-electron chi connectivity index (χ4n) is 2.90. The van der Waals surface area contributed by atoms with E-state index >= 15 is 0 Å². The molecule has 0 saturated carbocycles. The zero-order valence-electron chi connectivity index (χ0n) is 12.7. The van der Waals surface area contributed by atoms with E-state index in [1.165, 1.54) is 5.56 Å². The Hall–Kier alpha value is -2.59. The van der Waals surface area contributed by atoms with Crippen LogP contribution in [0.3, 0.4) is 0 Å². The third-order valence-corrected chi connectivity index (χ3v) is 5.08. The van der Waals surface area contributed by atoms with Gasteiger partial charge in [0, 0.05) is 16.3 Å². The molecule has 1 N–H and O–H groups in total. The van der Waals surface area contributed by atoms with Crippen molar-refractivity contribution < 1.29 is 4.79 Å². The van der Waals surface area contributed by atoms with E-state index in [2.05, 4.69) is 23.7 Å². The number of rotatable bonds is 2. The summed E-state index contributed by atoms with van der Waals surface area (Å²) in [5.41, 5.74) is 3.71. The molecule has 0 bridgehead atoms. The molecule has 4 heteroatoms. The Bertz CT molecular complexity index is 857. The topological polar surface area (TPSA) is 32.3 Å². The lowest BCUT2D eigenvalue weighted by Gasteiger charge is -2.37. The van der Waals surface area contributed by atoms with Crippen LogP contribution in [0.4, 0.5) is 11.4 Å². The normalized spacial score (nSPS) is 16.8. The summed E-state index contributed by atoms with van der Waals surface area (Å²) in [7, 11) is 0. The molecular formula is C19H16N2OS. The summed E-state index contributed by atoms with van der Waals surface area (Å²) in [6.07, 6.45) is -0.182. The number of benzene rings is 2. The van der Waals surface area contributed by atoms with Crippen molar-refractivity contribution in [3.8, 4) is 0 Å². The van der Waals surface area contributed by atoms with Crippen molar-refractivity contribution in [1.29, 1.82) is 0 Å². The van der Waals surface area contributed by atoms with Crippen LogP contribution < -0.4 is 10.2 Å². The number of amides is 1. The second-order valence-electron chi connectivity index (χ2n) is 5.63. The highest BCUT2D eigenvalue weighted by atomic mass is 32.1. The largest absolute Gasteiger partial charge is 0.360 e. The molecule has 2 aromatic carbocycles. The van der Waals surface area contributed by atoms with E-state index < -0.39 is 0 Å². The molecule has 23 heavy (non-hydrogen) atoms. The van der Waals surface area contributed by atoms with E-state index in [1.807, 2.05) is 59.5 Å². The molecule has 0 spiro atoms. The second kappa shape index (κ2) is 5.56. The summed E-state index contributed by atoms with van der Waals surface area (Å²) in [5.74, 6) is 0.0293. The van der Waals surface area contributed by atoms with Crippen LogP contribution in [-0.4, -0.2) is 5.91 Å². The van der Waals surface area contributed by atoms with Gasteiger partial charge in [-0.2, -0.15) is 0 Å². The minimum Gasteiger partial charge on any atom is -0.360 e. The third-order valence-electron chi connectivity index (χ3n) is 3.98. The fourth-order valence-corrected chi connectivity index (χ4v) is 3.84. The Balaban J connectivity index is 1.86. The number of hydrogen-bond donors (Lipinski definition) is 1. The van der Waals surface area contributed by atoms with E-state index in [1.54, 1.807) is 11.3 Å². The number of carbonyl (C=O) groups is 1. The van der Waals surface area contributed by atoms with Gasteiger partial charge in [-0.1, -0.05) is 30.3 Å². The first-order valence-electron chi connectivity index (χ1n) is 7.53. The highest BCUT2D eigenvalue weighted by Crippen LogP contribution is 2.38. The number of nitrogens with one attached hydrogen (secondary N) is 1. The number of hydrogen-bond acceptors (Lipinski definition) is 3. The molecule has 1 unspecified atom stereocenters. The lowest BCUT2D eigenvalue weighted by atomic mass is 10.1. The molecule has 1 aromatic heterocycles. The van der Waals surface area contributed by atoms with Gasteiger partial charge in [0.1, 0.15) is 6.17 Å². The maximum Gasteiger partial charge on any atom is 0.262 e. The minimum atomic E-state index is -0.182. The Morgan fingerprint density at radius 3 is 2.52 bits per heavy atom. The molecule has 1 atom stereocenters. The van der Waals surface area contributed by atoms with E-state index in [4.69, 9.17) is 0 Å². The van der Waals surface area contributed by atoms with Gasteiger partial charge in [-0.3, -0.25) is 9.69 Å². The average Bonchev–Trinajstić information content (AvgIpc) is 3.02. The zero-order valence-corrected chi connectivity index (χ0v) is 13.5. The second-order valence-corrected chi connectivity index (χ2v) is 6.57. The quantitative estimate of drug-likeness (QED) is 0.733. The van der Waals surface area contributed by atoms with Gasteiger partial charge in [-0.05, 0) is 48.2 Å². The van der Waals surface area contributed by atoms with Crippen LogP contribution >= 0.6 is 11.3 Å². The van der Waals surface area contributed by atoms with Gasteiger partial charge in [0.05, 0.1) is 5.56 Å². The lowest BCUT2D eigenvalue weighted by Crippen LogP contribution is -2.42. The van der Waals surface area contributed by atoms with Gasteiger partial charge in [0.2, 0.25) is 0 Å². The molecule has 114 valence electrons. The van der Waals surface area contributed by atoms with E-state index in [0.29, 0.717) is 5.56 Å². The number of para-hydroxylation sites is 2. The van der Waals surface area contributed by atoms with E-state index in [-0.39, 0.29) is 12.1 Å². The van der Waals surface area contributed by atoms with E-state index in [0.717, 1.165) is 16.3 Å². The summed E-state index contributed by atoms with van der Waals surface area (Å²) in [6.45, 7) is 2.07. The van der Waals surface area contributed by atoms with Crippen LogP contribution in [0, 0.1) is 6.92 Å². The predicted octanol–water partition coefficient (Wildman–Crippen LogP) is 4.83. The Labute approximate surface area is 139 Å². The summed E-state index contributed by atoms with van der Waals surface area (Å²) in [4.78, 5) is 16.1. The molecular weight excluding hydrogens is 304 g/mol. The maximum atomic E-state index is 13.1. The number of anilines is 2. The first-order valence-corrected chi connectivity index (χ1v) is 8.41. The monoisotopic (exact) mass is 320 g/mol. The van der Waals surface area contributed by atoms with Gasteiger partial charge in [0.15, 0.2) is 0 Å². The standard InChI is InChI=1S/C19H16N2OS/c1-13-11-17(23-12-13)18-20-16-10-6-5-9-15(16)19(22)21(18)14-7-3-2-4-8-14/h2-12,18,20H,1H3. The van der Waals surface area contributed by atoms with Crippen molar-refractivity contribution >= 4 is 28.6 Å². The SMILES string of the molecule is Cc1csc(C2Nc3ccccc3C(=O)N2c2ccccc2)c1. The predicted molar refractivity (Wildman–Crippen MR) is 95.1 cm³/mol. The van der Waals surface area contributed by atoms with Crippen molar-refractivity contribution in [2.75, 3.05) is 10.2 Å². The van der Waals surface area contributed by atoms with Crippen molar-refractivity contribution in [2.45, 2.75) is 13.1 Å².